The largest absolute Gasteiger partial charge is 0.380 e. The first-order valence-electron chi connectivity index (χ1n) is 5.39. The molecule has 1 aromatic rings. The van der Waals surface area contributed by atoms with Crippen molar-refractivity contribution in [2.45, 2.75) is 12.5 Å². The molecule has 1 aliphatic heterocycles. The summed E-state index contributed by atoms with van der Waals surface area (Å²) in [4.78, 5) is 14.0. The molecular weight excluding hydrogens is 352 g/mol. The standard InChI is InChI=1S/C12H13ClINO2/c1-17-9-4-5-15(7-9)12(16)8-2-3-11(14)10(13)6-8/h2-3,6,9H,4-5,7H2,1H3. The molecule has 0 aliphatic carbocycles. The predicted octanol–water partition coefficient (Wildman–Crippen LogP) is 2.81. The van der Waals surface area contributed by atoms with E-state index >= 15 is 0 Å². The second kappa shape index (κ2) is 5.54. The molecule has 1 saturated heterocycles. The van der Waals surface area contributed by atoms with Gasteiger partial charge in [-0.15, -0.1) is 0 Å². The zero-order chi connectivity index (χ0) is 12.4. The van der Waals surface area contributed by atoms with E-state index in [9.17, 15) is 4.79 Å². The molecule has 92 valence electrons. The van der Waals surface area contributed by atoms with Crippen LogP contribution >= 0.6 is 34.2 Å². The van der Waals surface area contributed by atoms with E-state index in [1.165, 1.54) is 0 Å². The van der Waals surface area contributed by atoms with Gasteiger partial charge in [-0.05, 0) is 47.2 Å². The summed E-state index contributed by atoms with van der Waals surface area (Å²) in [7, 11) is 1.68. The Labute approximate surface area is 119 Å². The molecule has 0 saturated carbocycles. The third-order valence-electron chi connectivity index (χ3n) is 2.93. The van der Waals surface area contributed by atoms with Crippen LogP contribution < -0.4 is 0 Å². The highest BCUT2D eigenvalue weighted by atomic mass is 127. The molecular formula is C12H13ClINO2. The molecule has 0 spiro atoms. The van der Waals surface area contributed by atoms with Crippen LogP contribution in [0.15, 0.2) is 18.2 Å². The number of benzene rings is 1. The quantitative estimate of drug-likeness (QED) is 0.754. The van der Waals surface area contributed by atoms with Gasteiger partial charge in [-0.2, -0.15) is 0 Å². The van der Waals surface area contributed by atoms with E-state index in [0.29, 0.717) is 17.1 Å². The van der Waals surface area contributed by atoms with Gasteiger partial charge >= 0.3 is 0 Å². The fraction of sp³-hybridized carbons (Fsp3) is 0.417. The van der Waals surface area contributed by atoms with E-state index in [0.717, 1.165) is 16.5 Å². The molecule has 0 N–H and O–H groups in total. The van der Waals surface area contributed by atoms with Crippen molar-refractivity contribution < 1.29 is 9.53 Å². The minimum absolute atomic E-state index is 0.0304. The van der Waals surface area contributed by atoms with E-state index in [2.05, 4.69) is 22.6 Å². The van der Waals surface area contributed by atoms with Gasteiger partial charge in [0.25, 0.3) is 5.91 Å². The summed E-state index contributed by atoms with van der Waals surface area (Å²) < 4.78 is 6.20. The van der Waals surface area contributed by atoms with Gasteiger partial charge in [-0.3, -0.25) is 4.79 Å². The number of rotatable bonds is 2. The van der Waals surface area contributed by atoms with Crippen LogP contribution in [-0.4, -0.2) is 37.1 Å². The maximum atomic E-state index is 12.2. The Hall–Kier alpha value is -0.330. The van der Waals surface area contributed by atoms with E-state index in [1.54, 1.807) is 13.2 Å². The van der Waals surface area contributed by atoms with E-state index in [1.807, 2.05) is 17.0 Å². The van der Waals surface area contributed by atoms with E-state index in [4.69, 9.17) is 16.3 Å². The molecule has 1 atom stereocenters. The Balaban J connectivity index is 2.12. The van der Waals surface area contributed by atoms with Crippen LogP contribution in [0.2, 0.25) is 5.02 Å². The predicted molar refractivity (Wildman–Crippen MR) is 75.5 cm³/mol. The molecule has 0 bridgehead atoms. The Morgan fingerprint density at radius 1 is 1.59 bits per heavy atom. The van der Waals surface area contributed by atoms with Crippen molar-refractivity contribution in [1.29, 1.82) is 0 Å². The van der Waals surface area contributed by atoms with Crippen LogP contribution in [0.5, 0.6) is 0 Å². The minimum Gasteiger partial charge on any atom is -0.380 e. The van der Waals surface area contributed by atoms with Crippen molar-refractivity contribution in [3.8, 4) is 0 Å². The fourth-order valence-corrected chi connectivity index (χ4v) is 2.43. The van der Waals surface area contributed by atoms with Gasteiger partial charge in [0.2, 0.25) is 0 Å². The molecule has 1 unspecified atom stereocenters. The average molecular weight is 366 g/mol. The number of hydrogen-bond acceptors (Lipinski definition) is 2. The number of methoxy groups -OCH3 is 1. The van der Waals surface area contributed by atoms with Crippen LogP contribution in [0.4, 0.5) is 0 Å². The van der Waals surface area contributed by atoms with Gasteiger partial charge in [0, 0.05) is 29.3 Å². The summed E-state index contributed by atoms with van der Waals surface area (Å²) in [6.07, 6.45) is 1.07. The van der Waals surface area contributed by atoms with Crippen LogP contribution in [0.1, 0.15) is 16.8 Å². The zero-order valence-electron chi connectivity index (χ0n) is 9.45. The van der Waals surface area contributed by atoms with Gasteiger partial charge < -0.3 is 9.64 Å². The van der Waals surface area contributed by atoms with Gasteiger partial charge in [-0.25, -0.2) is 0 Å². The zero-order valence-corrected chi connectivity index (χ0v) is 12.4. The highest BCUT2D eigenvalue weighted by Crippen LogP contribution is 2.22. The van der Waals surface area contributed by atoms with Crippen LogP contribution in [0.25, 0.3) is 0 Å². The number of likely N-dealkylation sites (tertiary alicyclic amines) is 1. The minimum atomic E-state index is 0.0304. The summed E-state index contributed by atoms with van der Waals surface area (Å²) >= 11 is 8.16. The first-order valence-corrected chi connectivity index (χ1v) is 6.84. The lowest BCUT2D eigenvalue weighted by Gasteiger charge is -2.16. The molecule has 5 heteroatoms. The normalized spacial score (nSPS) is 19.7. The fourth-order valence-electron chi connectivity index (χ4n) is 1.92. The highest BCUT2D eigenvalue weighted by Gasteiger charge is 2.26. The van der Waals surface area contributed by atoms with Crippen LogP contribution in [0.3, 0.4) is 0 Å². The molecule has 1 fully saturated rings. The number of amides is 1. The second-order valence-electron chi connectivity index (χ2n) is 4.03. The molecule has 1 aromatic carbocycles. The molecule has 2 rings (SSSR count). The maximum absolute atomic E-state index is 12.2. The van der Waals surface area contributed by atoms with E-state index < -0.39 is 0 Å². The third kappa shape index (κ3) is 2.92. The van der Waals surface area contributed by atoms with Gasteiger partial charge in [-0.1, -0.05) is 11.6 Å². The van der Waals surface area contributed by atoms with Gasteiger partial charge in [0.15, 0.2) is 0 Å². The smallest absolute Gasteiger partial charge is 0.253 e. The van der Waals surface area contributed by atoms with Crippen molar-refractivity contribution >= 4 is 40.1 Å². The molecule has 0 aromatic heterocycles. The van der Waals surface area contributed by atoms with Gasteiger partial charge in [0.05, 0.1) is 11.1 Å². The molecule has 3 nitrogen and oxygen atoms in total. The molecule has 17 heavy (non-hydrogen) atoms. The Bertz CT molecular complexity index is 439. The molecule has 1 amide bonds. The summed E-state index contributed by atoms with van der Waals surface area (Å²) in [5.74, 6) is 0.0304. The number of carbonyl (C=O) groups is 1. The van der Waals surface area contributed by atoms with Crippen molar-refractivity contribution in [2.75, 3.05) is 20.2 Å². The Morgan fingerprint density at radius 3 is 2.94 bits per heavy atom. The monoisotopic (exact) mass is 365 g/mol. The lowest BCUT2D eigenvalue weighted by molar-refractivity contribution is 0.0724. The second-order valence-corrected chi connectivity index (χ2v) is 5.60. The summed E-state index contributed by atoms with van der Waals surface area (Å²) in [6.45, 7) is 1.42. The summed E-state index contributed by atoms with van der Waals surface area (Å²) in [5.41, 5.74) is 0.646. The van der Waals surface area contributed by atoms with Crippen molar-refractivity contribution in [2.24, 2.45) is 0 Å². The number of carbonyl (C=O) groups excluding carboxylic acids is 1. The maximum Gasteiger partial charge on any atom is 0.253 e. The van der Waals surface area contributed by atoms with Crippen molar-refractivity contribution in [3.63, 3.8) is 0 Å². The first kappa shape index (κ1) is 13.1. The Kier molecular flexibility index (Phi) is 4.27. The highest BCUT2D eigenvalue weighted by molar-refractivity contribution is 14.1. The topological polar surface area (TPSA) is 29.5 Å². The molecule has 1 heterocycles. The number of halogens is 2. The summed E-state index contributed by atoms with van der Waals surface area (Å²) in [6, 6.07) is 5.40. The number of ether oxygens (including phenoxy) is 1. The van der Waals surface area contributed by atoms with Crippen molar-refractivity contribution in [1.82, 2.24) is 4.90 Å². The average Bonchev–Trinajstić information content (AvgIpc) is 2.80. The van der Waals surface area contributed by atoms with E-state index in [-0.39, 0.29) is 12.0 Å². The SMILES string of the molecule is COC1CCN(C(=O)c2ccc(I)c(Cl)c2)C1. The van der Waals surface area contributed by atoms with Crippen molar-refractivity contribution in [3.05, 3.63) is 32.4 Å². The molecule has 1 aliphatic rings. The van der Waals surface area contributed by atoms with Crippen LogP contribution in [-0.2, 0) is 4.74 Å². The first-order chi connectivity index (χ1) is 8.11. The lowest BCUT2D eigenvalue weighted by Crippen LogP contribution is -2.29. The third-order valence-corrected chi connectivity index (χ3v) is 4.50. The Morgan fingerprint density at radius 2 is 2.35 bits per heavy atom. The number of hydrogen-bond donors (Lipinski definition) is 0. The van der Waals surface area contributed by atoms with Crippen LogP contribution in [0, 0.1) is 3.57 Å². The summed E-state index contributed by atoms with van der Waals surface area (Å²) in [5, 5.41) is 0.624. The van der Waals surface area contributed by atoms with Gasteiger partial charge in [0.1, 0.15) is 0 Å². The molecule has 0 radical (unpaired) electrons. The number of nitrogens with zero attached hydrogens (tertiary/aromatic N) is 1. The lowest BCUT2D eigenvalue weighted by atomic mass is 10.2.